The van der Waals surface area contributed by atoms with E-state index in [0.29, 0.717) is 31.9 Å². The van der Waals surface area contributed by atoms with Gasteiger partial charge in [0, 0.05) is 12.1 Å². The summed E-state index contributed by atoms with van der Waals surface area (Å²) in [5.74, 6) is 0.176. The maximum atomic E-state index is 13.3. The van der Waals surface area contributed by atoms with Gasteiger partial charge in [0.25, 0.3) is 5.91 Å². The highest BCUT2D eigenvalue weighted by molar-refractivity contribution is 5.94. The van der Waals surface area contributed by atoms with E-state index in [1.165, 1.54) is 12.1 Å². The van der Waals surface area contributed by atoms with Gasteiger partial charge in [0.15, 0.2) is 0 Å². The van der Waals surface area contributed by atoms with Crippen LogP contribution in [0.5, 0.6) is 5.75 Å². The molecule has 0 aliphatic carbocycles. The summed E-state index contributed by atoms with van der Waals surface area (Å²) in [4.78, 5) is 14.1. The lowest BCUT2D eigenvalue weighted by atomic mass is 10.1. The van der Waals surface area contributed by atoms with Crippen molar-refractivity contribution in [2.24, 2.45) is 0 Å². The van der Waals surface area contributed by atoms with Gasteiger partial charge in [-0.25, -0.2) is 4.39 Å². The van der Waals surface area contributed by atoms with Crippen LogP contribution in [0.25, 0.3) is 0 Å². The summed E-state index contributed by atoms with van der Waals surface area (Å²) < 4.78 is 24.6. The fourth-order valence-electron chi connectivity index (χ4n) is 2.51. The van der Waals surface area contributed by atoms with Crippen molar-refractivity contribution in [3.63, 3.8) is 0 Å². The molecule has 1 heterocycles. The molecule has 1 aliphatic rings. The van der Waals surface area contributed by atoms with Crippen molar-refractivity contribution in [2.45, 2.75) is 6.10 Å². The number of amides is 1. The predicted molar refractivity (Wildman–Crippen MR) is 84.0 cm³/mol. The quantitative estimate of drug-likeness (QED) is 0.871. The molecule has 0 bridgehead atoms. The Labute approximate surface area is 134 Å². The molecule has 1 atom stereocenters. The molecule has 0 radical (unpaired) electrons. The molecule has 23 heavy (non-hydrogen) atoms. The summed E-state index contributed by atoms with van der Waals surface area (Å²) in [5, 5.41) is 0. The number of carbonyl (C=O) groups excluding carboxylic acids is 1. The number of hydrogen-bond acceptors (Lipinski definition) is 3. The van der Waals surface area contributed by atoms with E-state index in [-0.39, 0.29) is 12.0 Å². The van der Waals surface area contributed by atoms with Crippen LogP contribution in [0.2, 0.25) is 0 Å². The van der Waals surface area contributed by atoms with Crippen molar-refractivity contribution in [2.75, 3.05) is 26.3 Å². The van der Waals surface area contributed by atoms with Crippen LogP contribution in [-0.4, -0.2) is 43.2 Å². The van der Waals surface area contributed by atoms with Crippen molar-refractivity contribution in [1.29, 1.82) is 0 Å². The summed E-state index contributed by atoms with van der Waals surface area (Å²) >= 11 is 0. The third-order valence-corrected chi connectivity index (χ3v) is 3.68. The summed E-state index contributed by atoms with van der Waals surface area (Å²) in [6, 6.07) is 15.2. The Morgan fingerprint density at radius 3 is 2.83 bits per heavy atom. The number of nitrogens with zero attached hydrogens (tertiary/aromatic N) is 1. The molecule has 2 aromatic carbocycles. The van der Waals surface area contributed by atoms with Gasteiger partial charge in [-0.05, 0) is 30.3 Å². The highest BCUT2D eigenvalue weighted by Gasteiger charge is 2.25. The Morgan fingerprint density at radius 2 is 2.04 bits per heavy atom. The zero-order valence-corrected chi connectivity index (χ0v) is 12.7. The van der Waals surface area contributed by atoms with Gasteiger partial charge in [-0.1, -0.05) is 24.3 Å². The number of para-hydroxylation sites is 1. The second-order valence-corrected chi connectivity index (χ2v) is 5.38. The zero-order valence-electron chi connectivity index (χ0n) is 12.7. The first kappa shape index (κ1) is 15.5. The van der Waals surface area contributed by atoms with E-state index in [4.69, 9.17) is 9.47 Å². The fraction of sp³-hybridized carbons (Fsp3) is 0.278. The van der Waals surface area contributed by atoms with Crippen molar-refractivity contribution in [1.82, 2.24) is 4.90 Å². The lowest BCUT2D eigenvalue weighted by Gasteiger charge is -2.32. The lowest BCUT2D eigenvalue weighted by Crippen LogP contribution is -2.47. The molecule has 5 heteroatoms. The monoisotopic (exact) mass is 315 g/mol. The van der Waals surface area contributed by atoms with Crippen molar-refractivity contribution in [3.05, 3.63) is 66.0 Å². The number of hydrogen-bond donors (Lipinski definition) is 0. The van der Waals surface area contributed by atoms with Crippen LogP contribution in [0.4, 0.5) is 4.39 Å². The minimum Gasteiger partial charge on any atom is -0.491 e. The smallest absolute Gasteiger partial charge is 0.254 e. The predicted octanol–water partition coefficient (Wildman–Crippen LogP) is 2.75. The minimum absolute atomic E-state index is 0.183. The third kappa shape index (κ3) is 4.07. The topological polar surface area (TPSA) is 38.8 Å². The van der Waals surface area contributed by atoms with Crippen LogP contribution in [0, 0.1) is 5.82 Å². The summed E-state index contributed by atoms with van der Waals surface area (Å²) in [7, 11) is 0. The Morgan fingerprint density at radius 1 is 1.22 bits per heavy atom. The van der Waals surface area contributed by atoms with Gasteiger partial charge in [-0.2, -0.15) is 0 Å². The van der Waals surface area contributed by atoms with Crippen LogP contribution in [-0.2, 0) is 4.74 Å². The molecule has 1 aliphatic heterocycles. The Hall–Kier alpha value is -2.40. The number of carbonyl (C=O) groups is 1. The highest BCUT2D eigenvalue weighted by Crippen LogP contribution is 2.14. The second kappa shape index (κ2) is 7.24. The molecule has 1 saturated heterocycles. The number of halogens is 1. The second-order valence-electron chi connectivity index (χ2n) is 5.38. The first-order valence-electron chi connectivity index (χ1n) is 7.56. The molecule has 0 N–H and O–H groups in total. The van der Waals surface area contributed by atoms with Crippen LogP contribution in [0.3, 0.4) is 0 Å². The molecule has 4 nitrogen and oxygen atoms in total. The van der Waals surface area contributed by atoms with Crippen LogP contribution in [0.15, 0.2) is 54.6 Å². The first-order valence-corrected chi connectivity index (χ1v) is 7.56. The van der Waals surface area contributed by atoms with Crippen molar-refractivity contribution < 1.29 is 18.7 Å². The molecule has 0 aromatic heterocycles. The highest BCUT2D eigenvalue weighted by atomic mass is 19.1. The van der Waals surface area contributed by atoms with Gasteiger partial charge in [0.1, 0.15) is 24.3 Å². The van der Waals surface area contributed by atoms with Crippen LogP contribution in [0.1, 0.15) is 10.4 Å². The van der Waals surface area contributed by atoms with Crippen molar-refractivity contribution >= 4 is 5.91 Å². The average molecular weight is 315 g/mol. The van der Waals surface area contributed by atoms with Gasteiger partial charge >= 0.3 is 0 Å². The van der Waals surface area contributed by atoms with E-state index in [0.717, 1.165) is 5.75 Å². The van der Waals surface area contributed by atoms with Gasteiger partial charge < -0.3 is 14.4 Å². The molecule has 0 spiro atoms. The fourth-order valence-corrected chi connectivity index (χ4v) is 2.51. The van der Waals surface area contributed by atoms with Gasteiger partial charge in [0.05, 0.1) is 13.2 Å². The maximum absolute atomic E-state index is 13.3. The molecule has 0 saturated carbocycles. The lowest BCUT2D eigenvalue weighted by molar-refractivity contribution is -0.0401. The third-order valence-electron chi connectivity index (χ3n) is 3.68. The maximum Gasteiger partial charge on any atom is 0.254 e. The molecule has 1 unspecified atom stereocenters. The van der Waals surface area contributed by atoms with Gasteiger partial charge in [-0.3, -0.25) is 4.79 Å². The minimum atomic E-state index is -0.409. The average Bonchev–Trinajstić information content (AvgIpc) is 2.60. The van der Waals surface area contributed by atoms with E-state index in [1.807, 2.05) is 30.3 Å². The largest absolute Gasteiger partial charge is 0.491 e. The standard InChI is InChI=1S/C18H18FNO3/c19-15-6-4-5-14(11-15)18(21)20-9-10-22-17(12-20)13-23-16-7-2-1-3-8-16/h1-8,11,17H,9-10,12-13H2. The molecule has 3 rings (SSSR count). The number of benzene rings is 2. The summed E-state index contributed by atoms with van der Waals surface area (Å²) in [5.41, 5.74) is 0.356. The SMILES string of the molecule is O=C(c1cccc(F)c1)N1CCOC(COc2ccccc2)C1. The van der Waals surface area contributed by atoms with Crippen molar-refractivity contribution in [3.8, 4) is 5.75 Å². The Bertz CT molecular complexity index is 662. The van der Waals surface area contributed by atoms with Gasteiger partial charge in [0.2, 0.25) is 0 Å². The molecular formula is C18H18FNO3. The van der Waals surface area contributed by atoms with E-state index in [1.54, 1.807) is 17.0 Å². The molecule has 1 amide bonds. The van der Waals surface area contributed by atoms with E-state index < -0.39 is 5.82 Å². The molecule has 1 fully saturated rings. The van der Waals surface area contributed by atoms with E-state index in [2.05, 4.69) is 0 Å². The van der Waals surface area contributed by atoms with E-state index >= 15 is 0 Å². The Kier molecular flexibility index (Phi) is 4.88. The summed E-state index contributed by atoms with van der Waals surface area (Å²) in [6.45, 7) is 1.75. The number of ether oxygens (including phenoxy) is 2. The summed E-state index contributed by atoms with van der Waals surface area (Å²) in [6.07, 6.45) is -0.193. The van der Waals surface area contributed by atoms with E-state index in [9.17, 15) is 9.18 Å². The molecule has 2 aromatic rings. The zero-order chi connectivity index (χ0) is 16.1. The van der Waals surface area contributed by atoms with Crippen LogP contribution >= 0.6 is 0 Å². The normalized spacial score (nSPS) is 17.8. The molecular weight excluding hydrogens is 297 g/mol. The molecule has 120 valence electrons. The van der Waals surface area contributed by atoms with Gasteiger partial charge in [-0.15, -0.1) is 0 Å². The number of morpholine rings is 1. The van der Waals surface area contributed by atoms with Crippen LogP contribution < -0.4 is 4.74 Å². The number of rotatable bonds is 4. The first-order chi connectivity index (χ1) is 11.2. The Balaban J connectivity index is 1.58.